The van der Waals surface area contributed by atoms with Gasteiger partial charge >= 0.3 is 0 Å². The van der Waals surface area contributed by atoms with Gasteiger partial charge in [-0.15, -0.1) is 0 Å². The van der Waals surface area contributed by atoms with Gasteiger partial charge in [-0.2, -0.15) is 0 Å². The molecule has 2 saturated heterocycles. The summed E-state index contributed by atoms with van der Waals surface area (Å²) < 4.78 is 28.5. The van der Waals surface area contributed by atoms with Crippen molar-refractivity contribution in [2.24, 2.45) is 5.92 Å². The van der Waals surface area contributed by atoms with E-state index in [9.17, 15) is 8.42 Å². The van der Waals surface area contributed by atoms with Crippen molar-refractivity contribution in [3.63, 3.8) is 0 Å². The standard InChI is InChI=1S/C11H21NO3S/c13-16(14)7-1-2-11(16)9-12-8-10-3-5-15-6-4-10/h10-12H,1-9H2. The molecule has 1 unspecified atom stereocenters. The van der Waals surface area contributed by atoms with Crippen molar-refractivity contribution < 1.29 is 13.2 Å². The molecular formula is C11H21NO3S. The summed E-state index contributed by atoms with van der Waals surface area (Å²) in [6.07, 6.45) is 3.88. The fraction of sp³-hybridized carbons (Fsp3) is 1.00. The van der Waals surface area contributed by atoms with Gasteiger partial charge in [0.25, 0.3) is 0 Å². The van der Waals surface area contributed by atoms with Crippen LogP contribution < -0.4 is 5.32 Å². The van der Waals surface area contributed by atoms with Crippen LogP contribution in [0.25, 0.3) is 0 Å². The Kier molecular flexibility index (Phi) is 4.21. The van der Waals surface area contributed by atoms with Crippen LogP contribution in [0.4, 0.5) is 0 Å². The van der Waals surface area contributed by atoms with E-state index in [4.69, 9.17) is 4.74 Å². The molecule has 0 spiro atoms. The van der Waals surface area contributed by atoms with E-state index in [1.165, 1.54) is 0 Å². The normalized spacial score (nSPS) is 30.6. The Morgan fingerprint density at radius 3 is 2.50 bits per heavy atom. The lowest BCUT2D eigenvalue weighted by molar-refractivity contribution is 0.0664. The number of hydrogen-bond acceptors (Lipinski definition) is 4. The van der Waals surface area contributed by atoms with Crippen molar-refractivity contribution in [2.45, 2.75) is 30.9 Å². The number of hydrogen-bond donors (Lipinski definition) is 1. The molecule has 2 rings (SSSR count). The average molecular weight is 247 g/mol. The fourth-order valence-corrected chi connectivity index (χ4v) is 4.29. The van der Waals surface area contributed by atoms with Gasteiger partial charge in [-0.05, 0) is 38.1 Å². The van der Waals surface area contributed by atoms with Gasteiger partial charge in [-0.25, -0.2) is 8.42 Å². The second kappa shape index (κ2) is 5.47. The predicted molar refractivity (Wildman–Crippen MR) is 63.2 cm³/mol. The summed E-state index contributed by atoms with van der Waals surface area (Å²) in [7, 11) is -2.78. The van der Waals surface area contributed by atoms with Crippen LogP contribution in [0.2, 0.25) is 0 Å². The summed E-state index contributed by atoms with van der Waals surface area (Å²) in [6.45, 7) is 3.29. The predicted octanol–water partition coefficient (Wildman–Crippen LogP) is 0.580. The van der Waals surface area contributed by atoms with Crippen LogP contribution in [0, 0.1) is 5.92 Å². The van der Waals surface area contributed by atoms with E-state index >= 15 is 0 Å². The molecule has 0 aromatic rings. The van der Waals surface area contributed by atoms with Crippen molar-refractivity contribution in [3.05, 3.63) is 0 Å². The molecule has 5 heteroatoms. The largest absolute Gasteiger partial charge is 0.381 e. The van der Waals surface area contributed by atoms with E-state index in [2.05, 4.69) is 5.32 Å². The molecule has 0 amide bonds. The summed E-state index contributed by atoms with van der Waals surface area (Å²) in [4.78, 5) is 0. The molecule has 2 aliphatic rings. The first-order valence-electron chi connectivity index (χ1n) is 6.18. The first kappa shape index (κ1) is 12.3. The lowest BCUT2D eigenvalue weighted by atomic mass is 10.0. The maximum Gasteiger partial charge on any atom is 0.154 e. The van der Waals surface area contributed by atoms with Crippen LogP contribution >= 0.6 is 0 Å². The van der Waals surface area contributed by atoms with E-state index in [1.54, 1.807) is 0 Å². The number of nitrogens with one attached hydrogen (secondary N) is 1. The van der Waals surface area contributed by atoms with Gasteiger partial charge in [-0.3, -0.25) is 0 Å². The monoisotopic (exact) mass is 247 g/mol. The Labute approximate surface area is 97.7 Å². The summed E-state index contributed by atoms with van der Waals surface area (Å²) in [5.41, 5.74) is 0. The second-order valence-corrected chi connectivity index (χ2v) is 7.25. The van der Waals surface area contributed by atoms with Gasteiger partial charge in [-0.1, -0.05) is 0 Å². The van der Waals surface area contributed by atoms with E-state index in [0.717, 1.165) is 45.4 Å². The highest BCUT2D eigenvalue weighted by atomic mass is 32.2. The summed E-state index contributed by atoms with van der Waals surface area (Å²) in [6, 6.07) is 0. The van der Waals surface area contributed by atoms with Crippen molar-refractivity contribution in [2.75, 3.05) is 32.1 Å². The summed E-state index contributed by atoms with van der Waals surface area (Å²) in [5.74, 6) is 1.05. The van der Waals surface area contributed by atoms with Crippen molar-refractivity contribution >= 4 is 9.84 Å². The molecule has 0 aromatic heterocycles. The Morgan fingerprint density at radius 1 is 1.12 bits per heavy atom. The maximum atomic E-state index is 11.6. The van der Waals surface area contributed by atoms with E-state index < -0.39 is 9.84 Å². The third-order valence-electron chi connectivity index (χ3n) is 3.61. The topological polar surface area (TPSA) is 55.4 Å². The minimum atomic E-state index is -2.78. The van der Waals surface area contributed by atoms with Gasteiger partial charge in [0.15, 0.2) is 9.84 Å². The Hall–Kier alpha value is -0.130. The van der Waals surface area contributed by atoms with Crippen LogP contribution in [-0.4, -0.2) is 45.7 Å². The molecule has 94 valence electrons. The van der Waals surface area contributed by atoms with Crippen LogP contribution in [-0.2, 0) is 14.6 Å². The smallest absolute Gasteiger partial charge is 0.154 e. The van der Waals surface area contributed by atoms with E-state index in [1.807, 2.05) is 0 Å². The Morgan fingerprint density at radius 2 is 1.88 bits per heavy atom. The summed E-state index contributed by atoms with van der Waals surface area (Å²) >= 11 is 0. The molecule has 0 aromatic carbocycles. The van der Waals surface area contributed by atoms with Gasteiger partial charge in [0, 0.05) is 19.8 Å². The van der Waals surface area contributed by atoms with E-state index in [-0.39, 0.29) is 5.25 Å². The highest BCUT2D eigenvalue weighted by Crippen LogP contribution is 2.19. The molecule has 1 N–H and O–H groups in total. The highest BCUT2D eigenvalue weighted by molar-refractivity contribution is 7.92. The average Bonchev–Trinajstić information content (AvgIpc) is 2.60. The molecular weight excluding hydrogens is 226 g/mol. The molecule has 0 radical (unpaired) electrons. The van der Waals surface area contributed by atoms with Crippen molar-refractivity contribution in [1.82, 2.24) is 5.32 Å². The Balaban J connectivity index is 1.67. The molecule has 0 saturated carbocycles. The van der Waals surface area contributed by atoms with Crippen LogP contribution in [0.3, 0.4) is 0 Å². The minimum absolute atomic E-state index is 0.132. The van der Waals surface area contributed by atoms with Crippen LogP contribution in [0.15, 0.2) is 0 Å². The van der Waals surface area contributed by atoms with Crippen molar-refractivity contribution in [3.8, 4) is 0 Å². The zero-order valence-electron chi connectivity index (χ0n) is 9.65. The van der Waals surface area contributed by atoms with Gasteiger partial charge in [0.05, 0.1) is 11.0 Å². The summed E-state index contributed by atoms with van der Waals surface area (Å²) in [5, 5.41) is 3.19. The molecule has 2 aliphatic heterocycles. The van der Waals surface area contributed by atoms with Crippen molar-refractivity contribution in [1.29, 1.82) is 0 Å². The first-order chi connectivity index (χ1) is 7.68. The Bertz CT molecular complexity index is 309. The lowest BCUT2D eigenvalue weighted by Gasteiger charge is -2.22. The number of sulfone groups is 1. The SMILES string of the molecule is O=S1(=O)CCCC1CNCC1CCOCC1. The second-order valence-electron chi connectivity index (χ2n) is 4.85. The molecule has 0 aliphatic carbocycles. The van der Waals surface area contributed by atoms with Crippen LogP contribution in [0.5, 0.6) is 0 Å². The molecule has 4 nitrogen and oxygen atoms in total. The van der Waals surface area contributed by atoms with Gasteiger partial charge in [0.1, 0.15) is 0 Å². The minimum Gasteiger partial charge on any atom is -0.381 e. The third kappa shape index (κ3) is 3.18. The fourth-order valence-electron chi connectivity index (χ4n) is 2.49. The highest BCUT2D eigenvalue weighted by Gasteiger charge is 2.30. The van der Waals surface area contributed by atoms with Gasteiger partial charge in [0.2, 0.25) is 0 Å². The zero-order valence-corrected chi connectivity index (χ0v) is 10.5. The molecule has 0 bridgehead atoms. The third-order valence-corrected chi connectivity index (χ3v) is 5.88. The molecule has 2 fully saturated rings. The maximum absolute atomic E-state index is 11.6. The molecule has 2 heterocycles. The van der Waals surface area contributed by atoms with Crippen LogP contribution in [0.1, 0.15) is 25.7 Å². The van der Waals surface area contributed by atoms with Gasteiger partial charge < -0.3 is 10.1 Å². The molecule has 1 atom stereocenters. The molecule has 16 heavy (non-hydrogen) atoms. The lowest BCUT2D eigenvalue weighted by Crippen LogP contribution is -2.35. The quantitative estimate of drug-likeness (QED) is 0.789. The van der Waals surface area contributed by atoms with E-state index in [0.29, 0.717) is 18.2 Å². The number of rotatable bonds is 4. The zero-order chi connectivity index (χ0) is 11.4. The number of ether oxygens (including phenoxy) is 1. The first-order valence-corrected chi connectivity index (χ1v) is 7.90.